The van der Waals surface area contributed by atoms with Crippen molar-refractivity contribution in [1.29, 1.82) is 0 Å². The van der Waals surface area contributed by atoms with E-state index in [0.717, 1.165) is 41.1 Å². The summed E-state index contributed by atoms with van der Waals surface area (Å²) >= 11 is 6.51. The van der Waals surface area contributed by atoms with E-state index in [1.54, 1.807) is 12.3 Å². The van der Waals surface area contributed by atoms with E-state index in [0.29, 0.717) is 10.7 Å². The summed E-state index contributed by atoms with van der Waals surface area (Å²) in [5.74, 6) is 0. The molecule has 0 aliphatic rings. The van der Waals surface area contributed by atoms with Gasteiger partial charge < -0.3 is 20.7 Å². The summed E-state index contributed by atoms with van der Waals surface area (Å²) in [7, 11) is 0. The average Bonchev–Trinajstić information content (AvgIpc) is 3.15. The molecule has 0 unspecified atom stereocenters. The van der Waals surface area contributed by atoms with Crippen LogP contribution in [-0.4, -0.2) is 21.6 Å². The second kappa shape index (κ2) is 8.55. The topological polar surface area (TPSA) is 73.0 Å². The molecule has 0 fully saturated rings. The van der Waals surface area contributed by atoms with Crippen LogP contribution in [0.2, 0.25) is 5.02 Å². The Labute approximate surface area is 174 Å². The number of nitrogens with zero attached hydrogens (tertiary/aromatic N) is 1. The molecule has 0 radical (unpaired) electrons. The molecule has 6 heteroatoms. The number of aromatic amines is 1. The lowest BCUT2D eigenvalue weighted by Crippen LogP contribution is -2.06. The van der Waals surface area contributed by atoms with Crippen LogP contribution in [0.1, 0.15) is 16.8 Å². The van der Waals surface area contributed by atoms with Crippen molar-refractivity contribution in [2.75, 3.05) is 17.2 Å². The first-order chi connectivity index (χ1) is 14.1. The lowest BCUT2D eigenvalue weighted by molar-refractivity contribution is 0.277. The highest BCUT2D eigenvalue weighted by Gasteiger charge is 2.08. The number of hydrogen-bond donors (Lipinski definition) is 4. The number of aliphatic hydroxyl groups excluding tert-OH is 1. The SMILES string of the molecule is Cc1cc(Nc2ccnc(CO)c2)c(Cl)cc1NCCc1c[nH]c2ccccc12. The minimum atomic E-state index is -0.0957. The van der Waals surface area contributed by atoms with E-state index >= 15 is 0 Å². The van der Waals surface area contributed by atoms with E-state index in [1.165, 1.54) is 10.9 Å². The third kappa shape index (κ3) is 4.36. The molecule has 0 aliphatic heterocycles. The average molecular weight is 407 g/mol. The summed E-state index contributed by atoms with van der Waals surface area (Å²) in [5.41, 5.74) is 6.86. The fraction of sp³-hybridized carbons (Fsp3) is 0.174. The number of benzene rings is 2. The zero-order valence-corrected chi connectivity index (χ0v) is 16.9. The molecular formula is C23H23ClN4O. The van der Waals surface area contributed by atoms with Crippen LogP contribution in [0.15, 0.2) is 60.9 Å². The van der Waals surface area contributed by atoms with Crippen LogP contribution < -0.4 is 10.6 Å². The number of para-hydroxylation sites is 1. The number of hydrogen-bond acceptors (Lipinski definition) is 4. The van der Waals surface area contributed by atoms with Gasteiger partial charge in [-0.3, -0.25) is 4.98 Å². The van der Waals surface area contributed by atoms with Crippen molar-refractivity contribution in [2.24, 2.45) is 0 Å². The van der Waals surface area contributed by atoms with Gasteiger partial charge in [-0.2, -0.15) is 0 Å². The lowest BCUT2D eigenvalue weighted by Gasteiger charge is -2.15. The summed E-state index contributed by atoms with van der Waals surface area (Å²) in [6, 6.07) is 16.0. The molecule has 2 heterocycles. The molecule has 2 aromatic heterocycles. The fourth-order valence-electron chi connectivity index (χ4n) is 3.44. The third-order valence-electron chi connectivity index (χ3n) is 4.96. The number of aromatic nitrogens is 2. The second-order valence-corrected chi connectivity index (χ2v) is 7.41. The Morgan fingerprint density at radius 3 is 2.83 bits per heavy atom. The van der Waals surface area contributed by atoms with Crippen molar-refractivity contribution in [2.45, 2.75) is 20.0 Å². The first-order valence-corrected chi connectivity index (χ1v) is 9.93. The highest BCUT2D eigenvalue weighted by molar-refractivity contribution is 6.33. The molecule has 4 rings (SSSR count). The minimum absolute atomic E-state index is 0.0957. The number of halogens is 1. The molecule has 0 amide bonds. The summed E-state index contributed by atoms with van der Waals surface area (Å²) in [5, 5.41) is 17.9. The molecule has 0 bridgehead atoms. The fourth-order valence-corrected chi connectivity index (χ4v) is 3.65. The molecule has 0 saturated carbocycles. The van der Waals surface area contributed by atoms with E-state index in [2.05, 4.69) is 51.9 Å². The lowest BCUT2D eigenvalue weighted by atomic mass is 10.1. The predicted octanol–water partition coefficient (Wildman–Crippen LogP) is 5.42. The molecule has 0 atom stereocenters. The van der Waals surface area contributed by atoms with Gasteiger partial charge in [0.1, 0.15) is 0 Å². The van der Waals surface area contributed by atoms with E-state index in [1.807, 2.05) is 24.3 Å². The number of nitrogens with one attached hydrogen (secondary N) is 3. The molecule has 29 heavy (non-hydrogen) atoms. The number of aliphatic hydroxyl groups is 1. The monoisotopic (exact) mass is 406 g/mol. The van der Waals surface area contributed by atoms with Crippen molar-refractivity contribution in [3.63, 3.8) is 0 Å². The Morgan fingerprint density at radius 1 is 1.10 bits per heavy atom. The Balaban J connectivity index is 1.44. The van der Waals surface area contributed by atoms with Gasteiger partial charge in [0.15, 0.2) is 0 Å². The van der Waals surface area contributed by atoms with Crippen molar-refractivity contribution < 1.29 is 5.11 Å². The van der Waals surface area contributed by atoms with Crippen LogP contribution in [0, 0.1) is 6.92 Å². The number of rotatable bonds is 7. The maximum absolute atomic E-state index is 9.25. The minimum Gasteiger partial charge on any atom is -0.390 e. The molecule has 0 aliphatic carbocycles. The van der Waals surface area contributed by atoms with Gasteiger partial charge >= 0.3 is 0 Å². The number of fused-ring (bicyclic) bond motifs is 1. The standard InChI is InChI=1S/C23H23ClN4O/c1-15-10-23(28-17-7-9-25-18(11-17)14-29)20(24)12-22(15)26-8-6-16-13-27-21-5-3-2-4-19(16)21/h2-5,7,9-13,26-27,29H,6,8,14H2,1H3,(H,25,28). The zero-order chi connectivity index (χ0) is 20.2. The van der Waals surface area contributed by atoms with Crippen molar-refractivity contribution >= 4 is 39.6 Å². The predicted molar refractivity (Wildman–Crippen MR) is 120 cm³/mol. The van der Waals surface area contributed by atoms with Crippen LogP contribution in [-0.2, 0) is 13.0 Å². The number of anilines is 3. The van der Waals surface area contributed by atoms with Crippen molar-refractivity contribution in [3.05, 3.63) is 82.8 Å². The normalized spacial score (nSPS) is 11.0. The largest absolute Gasteiger partial charge is 0.390 e. The highest BCUT2D eigenvalue weighted by Crippen LogP contribution is 2.31. The van der Waals surface area contributed by atoms with E-state index in [-0.39, 0.29) is 6.61 Å². The van der Waals surface area contributed by atoms with E-state index in [4.69, 9.17) is 11.6 Å². The van der Waals surface area contributed by atoms with Crippen molar-refractivity contribution in [1.82, 2.24) is 9.97 Å². The van der Waals surface area contributed by atoms with Gasteiger partial charge in [-0.25, -0.2) is 0 Å². The molecule has 2 aromatic carbocycles. The van der Waals surface area contributed by atoms with Gasteiger partial charge in [-0.1, -0.05) is 29.8 Å². The van der Waals surface area contributed by atoms with Gasteiger partial charge in [0.2, 0.25) is 0 Å². The van der Waals surface area contributed by atoms with Gasteiger partial charge in [0.25, 0.3) is 0 Å². The molecule has 0 spiro atoms. The summed E-state index contributed by atoms with van der Waals surface area (Å²) in [6.45, 7) is 2.78. The summed E-state index contributed by atoms with van der Waals surface area (Å²) < 4.78 is 0. The summed E-state index contributed by atoms with van der Waals surface area (Å²) in [4.78, 5) is 7.41. The van der Waals surface area contributed by atoms with Gasteiger partial charge in [0, 0.05) is 41.2 Å². The number of pyridine rings is 1. The Hall–Kier alpha value is -3.02. The Morgan fingerprint density at radius 2 is 1.97 bits per heavy atom. The molecule has 0 saturated heterocycles. The number of H-pyrrole nitrogens is 1. The molecular weight excluding hydrogens is 384 g/mol. The second-order valence-electron chi connectivity index (χ2n) is 7.00. The molecule has 4 N–H and O–H groups in total. The maximum atomic E-state index is 9.25. The van der Waals surface area contributed by atoms with E-state index in [9.17, 15) is 5.11 Å². The number of aryl methyl sites for hydroxylation is 1. The first kappa shape index (κ1) is 19.3. The van der Waals surface area contributed by atoms with Crippen LogP contribution in [0.3, 0.4) is 0 Å². The van der Waals surface area contributed by atoms with Gasteiger partial charge in [-0.15, -0.1) is 0 Å². The first-order valence-electron chi connectivity index (χ1n) is 9.56. The molecule has 148 valence electrons. The van der Waals surface area contributed by atoms with Crippen LogP contribution in [0.5, 0.6) is 0 Å². The summed E-state index contributed by atoms with van der Waals surface area (Å²) in [6.07, 6.45) is 4.66. The van der Waals surface area contributed by atoms with Crippen LogP contribution in [0.25, 0.3) is 10.9 Å². The third-order valence-corrected chi connectivity index (χ3v) is 5.27. The van der Waals surface area contributed by atoms with E-state index < -0.39 is 0 Å². The smallest absolute Gasteiger partial charge is 0.0853 e. The zero-order valence-electron chi connectivity index (χ0n) is 16.2. The molecule has 5 nitrogen and oxygen atoms in total. The quantitative estimate of drug-likeness (QED) is 0.331. The highest BCUT2D eigenvalue weighted by atomic mass is 35.5. The van der Waals surface area contributed by atoms with Crippen LogP contribution >= 0.6 is 11.6 Å². The van der Waals surface area contributed by atoms with Gasteiger partial charge in [-0.05, 0) is 54.8 Å². The molecule has 4 aromatic rings. The van der Waals surface area contributed by atoms with Crippen molar-refractivity contribution in [3.8, 4) is 0 Å². The van der Waals surface area contributed by atoms with Gasteiger partial charge in [0.05, 0.1) is 23.0 Å². The Bertz CT molecular complexity index is 1140. The van der Waals surface area contributed by atoms with Crippen LogP contribution in [0.4, 0.5) is 17.1 Å². The maximum Gasteiger partial charge on any atom is 0.0853 e. The Kier molecular flexibility index (Phi) is 5.69.